The highest BCUT2D eigenvalue weighted by Gasteiger charge is 2.32. The lowest BCUT2D eigenvalue weighted by molar-refractivity contribution is -0.120. The number of sulfonamides is 1. The molecule has 0 aromatic heterocycles. The van der Waals surface area contributed by atoms with Crippen LogP contribution in [0.4, 0.5) is 11.4 Å². The molecule has 4 rings (SSSR count). The van der Waals surface area contributed by atoms with Crippen LogP contribution in [0.15, 0.2) is 54.6 Å². The molecule has 178 valence electrons. The number of hydrogen-bond donors (Lipinski definition) is 1. The average molecular weight is 472 g/mol. The van der Waals surface area contributed by atoms with Crippen LogP contribution in [0.1, 0.15) is 24.8 Å². The maximum absolute atomic E-state index is 12.9. The highest BCUT2D eigenvalue weighted by Crippen LogP contribution is 2.23. The minimum absolute atomic E-state index is 0.110. The van der Waals surface area contributed by atoms with Gasteiger partial charge in [0.15, 0.2) is 0 Å². The zero-order valence-corrected chi connectivity index (χ0v) is 19.8. The normalized spacial score (nSPS) is 19.9. The molecule has 0 spiro atoms. The van der Waals surface area contributed by atoms with E-state index in [0.29, 0.717) is 25.8 Å². The predicted octanol–water partition coefficient (Wildman–Crippen LogP) is 3.14. The molecule has 2 aromatic rings. The Bertz CT molecular complexity index is 1010. The van der Waals surface area contributed by atoms with Gasteiger partial charge in [-0.1, -0.05) is 30.3 Å². The second-order valence-corrected chi connectivity index (χ2v) is 10.8. The summed E-state index contributed by atoms with van der Waals surface area (Å²) in [5, 5.41) is 2.97. The van der Waals surface area contributed by atoms with Crippen LogP contribution in [-0.2, 0) is 26.0 Å². The molecule has 1 N–H and O–H groups in total. The number of anilines is 2. The molecule has 2 fully saturated rings. The summed E-state index contributed by atoms with van der Waals surface area (Å²) in [5.41, 5.74) is 2.99. The van der Waals surface area contributed by atoms with E-state index in [9.17, 15) is 13.2 Å². The van der Waals surface area contributed by atoms with E-state index >= 15 is 0 Å². The van der Waals surface area contributed by atoms with E-state index in [-0.39, 0.29) is 24.1 Å². The van der Waals surface area contributed by atoms with Crippen LogP contribution in [0.25, 0.3) is 0 Å². The fourth-order valence-electron chi connectivity index (χ4n) is 4.46. The van der Waals surface area contributed by atoms with E-state index in [2.05, 4.69) is 10.2 Å². The van der Waals surface area contributed by atoms with Gasteiger partial charge in [0.2, 0.25) is 15.9 Å². The lowest BCUT2D eigenvalue weighted by Gasteiger charge is -2.31. The van der Waals surface area contributed by atoms with Crippen LogP contribution < -0.4 is 10.2 Å². The zero-order valence-electron chi connectivity index (χ0n) is 19.0. The van der Waals surface area contributed by atoms with Gasteiger partial charge in [0.25, 0.3) is 0 Å². The van der Waals surface area contributed by atoms with Crippen molar-refractivity contribution in [2.45, 2.75) is 25.7 Å². The van der Waals surface area contributed by atoms with Crippen molar-refractivity contribution in [1.82, 2.24) is 4.31 Å². The van der Waals surface area contributed by atoms with E-state index in [1.54, 1.807) is 0 Å². The average Bonchev–Trinajstić information content (AvgIpc) is 2.86. The largest absolute Gasteiger partial charge is 0.378 e. The maximum Gasteiger partial charge on any atom is 0.228 e. The first-order valence-electron chi connectivity index (χ1n) is 11.8. The fourth-order valence-corrected chi connectivity index (χ4v) is 6.04. The SMILES string of the molecule is O=C(Nc1ccc(N2CCOCC2)cc1)[C@H]1CCCN(S(=O)(=O)CCCc2ccccc2)C1. The number of amides is 1. The molecule has 0 bridgehead atoms. The number of hydrogen-bond acceptors (Lipinski definition) is 5. The third-order valence-corrected chi connectivity index (χ3v) is 8.29. The van der Waals surface area contributed by atoms with Crippen molar-refractivity contribution in [1.29, 1.82) is 0 Å². The molecule has 2 aliphatic heterocycles. The smallest absolute Gasteiger partial charge is 0.228 e. The molecule has 0 radical (unpaired) electrons. The Morgan fingerprint density at radius 1 is 1.00 bits per heavy atom. The van der Waals surface area contributed by atoms with Gasteiger partial charge >= 0.3 is 0 Å². The summed E-state index contributed by atoms with van der Waals surface area (Å²) in [6, 6.07) is 17.7. The molecule has 1 amide bonds. The van der Waals surface area contributed by atoms with Crippen molar-refractivity contribution in [3.8, 4) is 0 Å². The minimum atomic E-state index is -3.37. The summed E-state index contributed by atoms with van der Waals surface area (Å²) in [7, 11) is -3.37. The van der Waals surface area contributed by atoms with E-state index < -0.39 is 10.0 Å². The van der Waals surface area contributed by atoms with Crippen molar-refractivity contribution >= 4 is 27.3 Å². The number of carbonyl (C=O) groups is 1. The summed E-state index contributed by atoms with van der Waals surface area (Å²) in [6.45, 7) is 3.93. The van der Waals surface area contributed by atoms with Crippen LogP contribution >= 0.6 is 0 Å². The number of rotatable bonds is 8. The molecule has 1 atom stereocenters. The van der Waals surface area contributed by atoms with E-state index in [0.717, 1.165) is 49.7 Å². The first-order valence-corrected chi connectivity index (χ1v) is 13.4. The second-order valence-electron chi connectivity index (χ2n) is 8.74. The van der Waals surface area contributed by atoms with Gasteiger partial charge in [-0.2, -0.15) is 0 Å². The Balaban J connectivity index is 1.28. The van der Waals surface area contributed by atoms with Gasteiger partial charge in [-0.25, -0.2) is 12.7 Å². The van der Waals surface area contributed by atoms with Crippen LogP contribution in [0.3, 0.4) is 0 Å². The third kappa shape index (κ3) is 6.56. The topological polar surface area (TPSA) is 79.0 Å². The van der Waals surface area contributed by atoms with Crippen LogP contribution in [0.2, 0.25) is 0 Å². The van der Waals surface area contributed by atoms with Gasteiger partial charge in [0.05, 0.1) is 24.9 Å². The first-order chi connectivity index (χ1) is 16.0. The quantitative estimate of drug-likeness (QED) is 0.640. The Kier molecular flexibility index (Phi) is 8.01. The van der Waals surface area contributed by atoms with Crippen molar-refractivity contribution in [3.63, 3.8) is 0 Å². The highest BCUT2D eigenvalue weighted by molar-refractivity contribution is 7.89. The summed E-state index contributed by atoms with van der Waals surface area (Å²) >= 11 is 0. The monoisotopic (exact) mass is 471 g/mol. The number of benzene rings is 2. The number of morpholine rings is 1. The van der Waals surface area contributed by atoms with Crippen LogP contribution in [0.5, 0.6) is 0 Å². The highest BCUT2D eigenvalue weighted by atomic mass is 32.2. The lowest BCUT2D eigenvalue weighted by atomic mass is 9.98. The van der Waals surface area contributed by atoms with E-state index in [1.165, 1.54) is 4.31 Å². The van der Waals surface area contributed by atoms with Crippen molar-refractivity contribution in [2.24, 2.45) is 5.92 Å². The molecular formula is C25H33N3O4S. The number of ether oxygens (including phenoxy) is 1. The summed E-state index contributed by atoms with van der Waals surface area (Å²) < 4.78 is 32.6. The Labute approximate surface area is 196 Å². The number of carbonyl (C=O) groups excluding carboxylic acids is 1. The lowest BCUT2D eigenvalue weighted by Crippen LogP contribution is -2.44. The third-order valence-electron chi connectivity index (χ3n) is 6.37. The fraction of sp³-hybridized carbons (Fsp3) is 0.480. The van der Waals surface area contributed by atoms with Gasteiger partial charge in [-0.05, 0) is 55.5 Å². The standard InChI is InChI=1S/C25H33N3O4S/c29-25(26-23-10-12-24(13-11-23)27-15-17-32-18-16-27)22-9-4-14-28(20-22)33(30,31)19-5-8-21-6-2-1-3-7-21/h1-3,6-7,10-13,22H,4-5,8-9,14-20H2,(H,26,29)/t22-/m0/s1. The molecular weight excluding hydrogens is 438 g/mol. The van der Waals surface area contributed by atoms with Gasteiger partial charge < -0.3 is 15.0 Å². The van der Waals surface area contributed by atoms with Crippen LogP contribution in [0, 0.1) is 5.92 Å². The molecule has 2 aromatic carbocycles. The number of nitrogens with one attached hydrogen (secondary N) is 1. The number of nitrogens with zero attached hydrogens (tertiary/aromatic N) is 2. The predicted molar refractivity (Wildman–Crippen MR) is 131 cm³/mol. The van der Waals surface area contributed by atoms with Gasteiger partial charge in [-0.3, -0.25) is 4.79 Å². The molecule has 2 aliphatic rings. The minimum Gasteiger partial charge on any atom is -0.378 e. The Morgan fingerprint density at radius 2 is 1.73 bits per heavy atom. The molecule has 7 nitrogen and oxygen atoms in total. The van der Waals surface area contributed by atoms with E-state index in [1.807, 2.05) is 54.6 Å². The maximum atomic E-state index is 12.9. The zero-order chi connectivity index (χ0) is 23.1. The van der Waals surface area contributed by atoms with Crippen molar-refractivity contribution in [2.75, 3.05) is 55.4 Å². The van der Waals surface area contributed by atoms with Crippen molar-refractivity contribution < 1.29 is 17.9 Å². The Morgan fingerprint density at radius 3 is 2.45 bits per heavy atom. The summed E-state index contributed by atoms with van der Waals surface area (Å²) in [5.74, 6) is -0.334. The molecule has 0 aliphatic carbocycles. The number of piperidine rings is 1. The van der Waals surface area contributed by atoms with Gasteiger partial charge in [0, 0.05) is 37.6 Å². The van der Waals surface area contributed by atoms with Crippen molar-refractivity contribution in [3.05, 3.63) is 60.2 Å². The molecule has 0 saturated carbocycles. The van der Waals surface area contributed by atoms with Gasteiger partial charge in [0.1, 0.15) is 0 Å². The van der Waals surface area contributed by atoms with E-state index in [4.69, 9.17) is 4.74 Å². The first kappa shape index (κ1) is 23.7. The summed E-state index contributed by atoms with van der Waals surface area (Å²) in [4.78, 5) is 15.1. The summed E-state index contributed by atoms with van der Waals surface area (Å²) in [6.07, 6.45) is 2.72. The molecule has 33 heavy (non-hydrogen) atoms. The molecule has 0 unspecified atom stereocenters. The van der Waals surface area contributed by atoms with Gasteiger partial charge in [-0.15, -0.1) is 0 Å². The molecule has 2 heterocycles. The molecule has 8 heteroatoms. The second kappa shape index (κ2) is 11.1. The number of aryl methyl sites for hydroxylation is 1. The Hall–Kier alpha value is -2.42. The molecule has 2 saturated heterocycles. The van der Waals surface area contributed by atoms with Crippen LogP contribution in [-0.4, -0.2) is 63.8 Å².